The highest BCUT2D eigenvalue weighted by Gasteiger charge is 2.13. The lowest BCUT2D eigenvalue weighted by Crippen LogP contribution is -2.27. The van der Waals surface area contributed by atoms with Crippen LogP contribution in [0.5, 0.6) is 0 Å². The maximum Gasteiger partial charge on any atom is 0.253 e. The summed E-state index contributed by atoms with van der Waals surface area (Å²) in [5.41, 5.74) is 1.08. The Bertz CT molecular complexity index is 429. The van der Waals surface area contributed by atoms with Gasteiger partial charge in [-0.2, -0.15) is 0 Å². The average molecular weight is 294 g/mol. The van der Waals surface area contributed by atoms with Crippen molar-refractivity contribution in [3.63, 3.8) is 0 Å². The molecule has 0 spiro atoms. The number of carbonyl (C=O) groups is 2. The number of carbonyl (C=O) groups excluding carboxylic acids is 2. The molecule has 0 radical (unpaired) electrons. The van der Waals surface area contributed by atoms with Gasteiger partial charge < -0.3 is 9.80 Å². The van der Waals surface area contributed by atoms with Gasteiger partial charge in [0.2, 0.25) is 0 Å². The maximum absolute atomic E-state index is 11.9. The van der Waals surface area contributed by atoms with Crippen LogP contribution in [0.15, 0.2) is 24.3 Å². The van der Waals surface area contributed by atoms with Crippen molar-refractivity contribution in [2.45, 2.75) is 34.6 Å². The van der Waals surface area contributed by atoms with Crippen molar-refractivity contribution in [2.24, 2.45) is 0 Å². The molecule has 1 rings (SSSR count). The van der Waals surface area contributed by atoms with Crippen molar-refractivity contribution in [2.75, 3.05) is 27.7 Å². The summed E-state index contributed by atoms with van der Waals surface area (Å²) in [7, 11) is 5.12. The van der Waals surface area contributed by atoms with E-state index in [0.29, 0.717) is 17.7 Å². The minimum absolute atomic E-state index is 0.0686. The number of amides is 2. The zero-order valence-electron chi connectivity index (χ0n) is 14.7. The fourth-order valence-electron chi connectivity index (χ4n) is 1.41. The van der Waals surface area contributed by atoms with Gasteiger partial charge in [0.1, 0.15) is 0 Å². The van der Waals surface area contributed by atoms with Gasteiger partial charge in [0.25, 0.3) is 11.8 Å². The second kappa shape index (κ2) is 11.9. The van der Waals surface area contributed by atoms with Gasteiger partial charge >= 0.3 is 0 Å². The molecule has 21 heavy (non-hydrogen) atoms. The summed E-state index contributed by atoms with van der Waals surface area (Å²) in [6.45, 7) is 10.6. The molecule has 1 aromatic carbocycles. The van der Waals surface area contributed by atoms with Crippen molar-refractivity contribution in [1.29, 1.82) is 0 Å². The number of benzene rings is 1. The fourth-order valence-corrected chi connectivity index (χ4v) is 1.41. The Morgan fingerprint density at radius 2 is 1.33 bits per heavy atom. The molecule has 0 heterocycles. The highest BCUT2D eigenvalue weighted by atomic mass is 16.2. The first-order valence-corrected chi connectivity index (χ1v) is 7.54. The van der Waals surface area contributed by atoms with Crippen LogP contribution >= 0.6 is 0 Å². The molecule has 0 aromatic heterocycles. The van der Waals surface area contributed by atoms with E-state index < -0.39 is 0 Å². The molecule has 0 N–H and O–H groups in total. The first-order valence-electron chi connectivity index (χ1n) is 7.54. The summed E-state index contributed by atoms with van der Waals surface area (Å²) in [6, 6.07) is 6.80. The first-order chi connectivity index (χ1) is 9.97. The molecular weight excluding hydrogens is 264 g/mol. The third-order valence-electron chi connectivity index (χ3n) is 2.58. The summed E-state index contributed by atoms with van der Waals surface area (Å²) >= 11 is 0. The molecule has 1 aromatic rings. The number of hydrogen-bond donors (Lipinski definition) is 0. The van der Waals surface area contributed by atoms with E-state index in [-0.39, 0.29) is 11.8 Å². The molecule has 4 nitrogen and oxygen atoms in total. The molecule has 0 bridgehead atoms. The summed E-state index contributed by atoms with van der Waals surface area (Å²) < 4.78 is 0. The Balaban J connectivity index is 0. The van der Waals surface area contributed by atoms with E-state index in [2.05, 4.69) is 0 Å². The first kappa shape index (κ1) is 21.5. The highest BCUT2D eigenvalue weighted by molar-refractivity contribution is 5.99. The monoisotopic (exact) mass is 294 g/mol. The van der Waals surface area contributed by atoms with E-state index in [0.717, 1.165) is 0 Å². The van der Waals surface area contributed by atoms with Crippen LogP contribution in [0.1, 0.15) is 55.3 Å². The molecule has 0 saturated heterocycles. The van der Waals surface area contributed by atoms with Crippen LogP contribution in [-0.4, -0.2) is 49.3 Å². The Hall–Kier alpha value is -1.84. The summed E-state index contributed by atoms with van der Waals surface area (Å²) in [5, 5.41) is 0. The zero-order valence-corrected chi connectivity index (χ0v) is 14.7. The van der Waals surface area contributed by atoms with Crippen LogP contribution in [0.3, 0.4) is 0 Å². The Labute approximate surface area is 129 Å². The second-order valence-electron chi connectivity index (χ2n) is 4.10. The van der Waals surface area contributed by atoms with Crippen LogP contribution in [-0.2, 0) is 0 Å². The minimum atomic E-state index is -0.0983. The summed E-state index contributed by atoms with van der Waals surface area (Å²) in [5.74, 6) is -0.167. The third-order valence-corrected chi connectivity index (χ3v) is 2.58. The molecule has 0 saturated carbocycles. The van der Waals surface area contributed by atoms with Crippen molar-refractivity contribution < 1.29 is 9.59 Å². The molecule has 4 heteroatoms. The number of rotatable bonds is 3. The molecule has 0 aliphatic carbocycles. The fraction of sp³-hybridized carbons (Fsp3) is 0.529. The molecule has 0 atom stereocenters. The molecule has 0 aliphatic heterocycles. The smallest absolute Gasteiger partial charge is 0.253 e. The van der Waals surface area contributed by atoms with Gasteiger partial charge in [0.05, 0.1) is 0 Å². The number of nitrogens with zero attached hydrogens (tertiary/aromatic N) is 2. The largest absolute Gasteiger partial charge is 0.345 e. The molecular formula is C17H30N2O2. The van der Waals surface area contributed by atoms with E-state index in [1.165, 1.54) is 4.90 Å². The van der Waals surface area contributed by atoms with Gasteiger partial charge in [-0.25, -0.2) is 0 Å². The lowest BCUT2D eigenvalue weighted by Gasteiger charge is -2.15. The zero-order chi connectivity index (χ0) is 17.0. The van der Waals surface area contributed by atoms with Crippen LogP contribution in [0.2, 0.25) is 0 Å². The third kappa shape index (κ3) is 6.93. The topological polar surface area (TPSA) is 40.6 Å². The van der Waals surface area contributed by atoms with E-state index in [1.807, 2.05) is 34.6 Å². The Kier molecular flexibility index (Phi) is 12.2. The van der Waals surface area contributed by atoms with E-state index >= 15 is 0 Å². The average Bonchev–Trinajstić information content (AvgIpc) is 2.56. The lowest BCUT2D eigenvalue weighted by atomic mass is 10.1. The van der Waals surface area contributed by atoms with E-state index in [1.54, 1.807) is 50.3 Å². The van der Waals surface area contributed by atoms with Crippen molar-refractivity contribution >= 4 is 11.8 Å². The van der Waals surface area contributed by atoms with Gasteiger partial charge in [-0.1, -0.05) is 33.8 Å². The van der Waals surface area contributed by atoms with Crippen molar-refractivity contribution in [1.82, 2.24) is 9.80 Å². The van der Waals surface area contributed by atoms with E-state index in [4.69, 9.17) is 0 Å². The highest BCUT2D eigenvalue weighted by Crippen LogP contribution is 2.09. The van der Waals surface area contributed by atoms with Crippen molar-refractivity contribution in [3.05, 3.63) is 35.4 Å². The molecule has 120 valence electrons. The van der Waals surface area contributed by atoms with Crippen molar-refractivity contribution in [3.8, 4) is 0 Å². The summed E-state index contributed by atoms with van der Waals surface area (Å²) in [4.78, 5) is 26.8. The minimum Gasteiger partial charge on any atom is -0.345 e. The van der Waals surface area contributed by atoms with E-state index in [9.17, 15) is 9.59 Å². The van der Waals surface area contributed by atoms with Crippen LogP contribution in [0.25, 0.3) is 0 Å². The van der Waals surface area contributed by atoms with Crippen LogP contribution in [0, 0.1) is 0 Å². The predicted octanol–water partition coefficient (Wildman–Crippen LogP) is 3.53. The second-order valence-corrected chi connectivity index (χ2v) is 4.10. The Morgan fingerprint density at radius 1 is 0.905 bits per heavy atom. The Morgan fingerprint density at radius 3 is 1.71 bits per heavy atom. The molecule has 0 fully saturated rings. The quantitative estimate of drug-likeness (QED) is 0.855. The van der Waals surface area contributed by atoms with Gasteiger partial charge in [-0.05, 0) is 25.1 Å². The normalized spacial score (nSPS) is 8.57. The molecule has 2 amide bonds. The predicted molar refractivity (Wildman–Crippen MR) is 89.8 cm³/mol. The molecule has 0 aliphatic rings. The van der Waals surface area contributed by atoms with Gasteiger partial charge in [-0.3, -0.25) is 9.59 Å². The van der Waals surface area contributed by atoms with Gasteiger partial charge in [0, 0.05) is 38.8 Å². The van der Waals surface area contributed by atoms with Crippen LogP contribution in [0.4, 0.5) is 0 Å². The maximum atomic E-state index is 11.9. The lowest BCUT2D eigenvalue weighted by molar-refractivity contribution is 0.0802. The molecule has 0 unspecified atom stereocenters. The SMILES string of the molecule is CC.CC.CCN(C)C(=O)c1cccc(C(=O)N(C)C)c1. The number of hydrogen-bond acceptors (Lipinski definition) is 2. The van der Waals surface area contributed by atoms with Crippen LogP contribution < -0.4 is 0 Å². The van der Waals surface area contributed by atoms with Gasteiger partial charge in [-0.15, -0.1) is 0 Å². The van der Waals surface area contributed by atoms with Gasteiger partial charge in [0.15, 0.2) is 0 Å². The summed E-state index contributed by atoms with van der Waals surface area (Å²) in [6.07, 6.45) is 0. The standard InChI is InChI=1S/C13H18N2O2.2C2H6/c1-5-15(4)13(17)11-8-6-7-10(9-11)12(16)14(2)3;2*1-2/h6-9H,5H2,1-4H3;2*1-2H3.